The van der Waals surface area contributed by atoms with E-state index in [1.807, 2.05) is 6.08 Å². The minimum atomic E-state index is -0.892. The summed E-state index contributed by atoms with van der Waals surface area (Å²) in [7, 11) is 0. The average molecular weight is 302 g/mol. The minimum Gasteiger partial charge on any atom is -0.386 e. The molecular formula is C16H22N4O2. The first-order chi connectivity index (χ1) is 10.6. The van der Waals surface area contributed by atoms with Crippen molar-refractivity contribution in [3.63, 3.8) is 0 Å². The fraction of sp³-hybridized carbons (Fsp3) is 0.688. The summed E-state index contributed by atoms with van der Waals surface area (Å²) >= 11 is 0. The van der Waals surface area contributed by atoms with Crippen LogP contribution in [0.25, 0.3) is 0 Å². The molecule has 2 saturated carbocycles. The molecular weight excluding hydrogens is 280 g/mol. The molecule has 1 atom stereocenters. The average Bonchev–Trinajstić information content (AvgIpc) is 3.41. The van der Waals surface area contributed by atoms with E-state index in [4.69, 9.17) is 0 Å². The standard InChI is InChI=1S/C16H22N4O2/c21-15(9-14(12-1-2-12)13-3-4-13)19-7-5-16(22,10-19)11-20-8-6-17-18-20/h6,8-9,12-13,22H,1-5,7,10-11H2. The van der Waals surface area contributed by atoms with Crippen molar-refractivity contribution < 1.29 is 9.90 Å². The molecule has 1 N–H and O–H groups in total. The number of hydrogen-bond acceptors (Lipinski definition) is 4. The molecule has 2 aliphatic carbocycles. The van der Waals surface area contributed by atoms with Crippen molar-refractivity contribution in [3.8, 4) is 0 Å². The third-order valence-corrected chi connectivity index (χ3v) is 4.96. The van der Waals surface area contributed by atoms with E-state index >= 15 is 0 Å². The second-order valence-electron chi connectivity index (χ2n) is 7.03. The lowest BCUT2D eigenvalue weighted by molar-refractivity contribution is -0.126. The van der Waals surface area contributed by atoms with Crippen LogP contribution in [-0.2, 0) is 11.3 Å². The molecule has 118 valence electrons. The highest BCUT2D eigenvalue weighted by Crippen LogP contribution is 2.48. The number of rotatable bonds is 5. The van der Waals surface area contributed by atoms with Gasteiger partial charge >= 0.3 is 0 Å². The Morgan fingerprint density at radius 1 is 1.32 bits per heavy atom. The summed E-state index contributed by atoms with van der Waals surface area (Å²) in [5, 5.41) is 18.3. The molecule has 1 saturated heterocycles. The first-order valence-electron chi connectivity index (χ1n) is 8.20. The molecule has 6 nitrogen and oxygen atoms in total. The maximum atomic E-state index is 12.5. The van der Waals surface area contributed by atoms with E-state index in [0.717, 1.165) is 0 Å². The van der Waals surface area contributed by atoms with E-state index in [-0.39, 0.29) is 5.91 Å². The van der Waals surface area contributed by atoms with Gasteiger partial charge in [-0.2, -0.15) is 0 Å². The summed E-state index contributed by atoms with van der Waals surface area (Å²) in [6.45, 7) is 1.38. The zero-order valence-corrected chi connectivity index (χ0v) is 12.7. The predicted molar refractivity (Wildman–Crippen MR) is 79.7 cm³/mol. The number of carbonyl (C=O) groups is 1. The van der Waals surface area contributed by atoms with Gasteiger partial charge in [-0.15, -0.1) is 5.10 Å². The molecule has 0 bridgehead atoms. The van der Waals surface area contributed by atoms with Gasteiger partial charge in [0.2, 0.25) is 5.91 Å². The molecule has 2 heterocycles. The lowest BCUT2D eigenvalue weighted by atomic mass is 10.0. The second-order valence-corrected chi connectivity index (χ2v) is 7.03. The van der Waals surface area contributed by atoms with Gasteiger partial charge < -0.3 is 10.0 Å². The van der Waals surface area contributed by atoms with Crippen molar-refractivity contribution in [2.75, 3.05) is 13.1 Å². The number of carbonyl (C=O) groups excluding carboxylic acids is 1. The number of hydrogen-bond donors (Lipinski definition) is 1. The fourth-order valence-electron chi connectivity index (χ4n) is 3.43. The highest BCUT2D eigenvalue weighted by atomic mass is 16.3. The summed E-state index contributed by atoms with van der Waals surface area (Å²) in [5.41, 5.74) is 0.480. The molecule has 3 aliphatic rings. The normalized spacial score (nSPS) is 28.0. The van der Waals surface area contributed by atoms with E-state index in [9.17, 15) is 9.90 Å². The number of β-amino-alcohol motifs (C(OH)–C–C–N with tert-alkyl or cyclic N) is 1. The molecule has 3 fully saturated rings. The van der Waals surface area contributed by atoms with Gasteiger partial charge in [0, 0.05) is 18.8 Å². The van der Waals surface area contributed by atoms with Crippen LogP contribution in [0, 0.1) is 11.8 Å². The molecule has 0 aromatic carbocycles. The largest absolute Gasteiger partial charge is 0.386 e. The number of aliphatic hydroxyl groups is 1. The van der Waals surface area contributed by atoms with Crippen LogP contribution >= 0.6 is 0 Å². The number of allylic oxidation sites excluding steroid dienone is 1. The van der Waals surface area contributed by atoms with Crippen molar-refractivity contribution >= 4 is 5.91 Å². The van der Waals surface area contributed by atoms with Crippen LogP contribution in [0.15, 0.2) is 24.0 Å². The third-order valence-electron chi connectivity index (χ3n) is 4.96. The number of nitrogens with zero attached hydrogens (tertiary/aromatic N) is 4. The second kappa shape index (κ2) is 5.19. The Hall–Kier alpha value is -1.69. The molecule has 1 unspecified atom stereocenters. The Balaban J connectivity index is 1.41. The van der Waals surface area contributed by atoms with Crippen LogP contribution in [0.5, 0.6) is 0 Å². The highest BCUT2D eigenvalue weighted by molar-refractivity contribution is 5.89. The van der Waals surface area contributed by atoms with Crippen LogP contribution in [0.3, 0.4) is 0 Å². The van der Waals surface area contributed by atoms with Gasteiger partial charge in [-0.1, -0.05) is 10.8 Å². The molecule has 1 amide bonds. The number of amides is 1. The zero-order chi connectivity index (χ0) is 15.2. The van der Waals surface area contributed by atoms with Crippen LogP contribution < -0.4 is 0 Å². The van der Waals surface area contributed by atoms with E-state index < -0.39 is 5.60 Å². The van der Waals surface area contributed by atoms with Gasteiger partial charge in [0.1, 0.15) is 5.60 Å². The maximum absolute atomic E-state index is 12.5. The zero-order valence-electron chi connectivity index (χ0n) is 12.7. The maximum Gasteiger partial charge on any atom is 0.246 e. The Bertz CT molecular complexity index is 575. The van der Waals surface area contributed by atoms with Gasteiger partial charge in [-0.05, 0) is 43.9 Å². The molecule has 1 aromatic heterocycles. The summed E-state index contributed by atoms with van der Waals surface area (Å²) in [5.74, 6) is 1.39. The monoisotopic (exact) mass is 302 g/mol. The van der Waals surface area contributed by atoms with Gasteiger partial charge in [0.15, 0.2) is 0 Å². The van der Waals surface area contributed by atoms with E-state index in [2.05, 4.69) is 10.3 Å². The molecule has 4 rings (SSSR count). The first kappa shape index (κ1) is 13.9. The smallest absolute Gasteiger partial charge is 0.246 e. The fourth-order valence-corrected chi connectivity index (χ4v) is 3.43. The summed E-state index contributed by atoms with van der Waals surface area (Å²) in [6.07, 6.45) is 10.8. The number of aromatic nitrogens is 3. The lowest BCUT2D eigenvalue weighted by Crippen LogP contribution is -2.39. The SMILES string of the molecule is O=C(C=C(C1CC1)C1CC1)N1CCC(O)(Cn2ccnn2)C1. The Kier molecular flexibility index (Phi) is 3.29. The topological polar surface area (TPSA) is 71.2 Å². The van der Waals surface area contributed by atoms with Crippen molar-refractivity contribution in [3.05, 3.63) is 24.0 Å². The van der Waals surface area contributed by atoms with Crippen molar-refractivity contribution in [1.82, 2.24) is 19.9 Å². The lowest BCUT2D eigenvalue weighted by Gasteiger charge is -2.22. The quantitative estimate of drug-likeness (QED) is 0.823. The van der Waals surface area contributed by atoms with Gasteiger partial charge in [-0.3, -0.25) is 4.79 Å². The van der Waals surface area contributed by atoms with Crippen LogP contribution in [-0.4, -0.2) is 49.6 Å². The van der Waals surface area contributed by atoms with Crippen LogP contribution in [0.1, 0.15) is 32.1 Å². The third kappa shape index (κ3) is 2.92. The molecule has 1 aliphatic heterocycles. The molecule has 0 radical (unpaired) electrons. The molecule has 1 aromatic rings. The van der Waals surface area contributed by atoms with Gasteiger partial charge in [0.05, 0.1) is 19.3 Å². The van der Waals surface area contributed by atoms with Crippen molar-refractivity contribution in [1.29, 1.82) is 0 Å². The van der Waals surface area contributed by atoms with E-state index in [0.29, 0.717) is 37.9 Å². The van der Waals surface area contributed by atoms with Crippen molar-refractivity contribution in [2.24, 2.45) is 11.8 Å². The van der Waals surface area contributed by atoms with Crippen LogP contribution in [0.4, 0.5) is 0 Å². The summed E-state index contributed by atoms with van der Waals surface area (Å²) in [4.78, 5) is 14.3. The molecule has 22 heavy (non-hydrogen) atoms. The molecule has 6 heteroatoms. The summed E-state index contributed by atoms with van der Waals surface area (Å²) in [6, 6.07) is 0. The van der Waals surface area contributed by atoms with Crippen molar-refractivity contribution in [2.45, 2.75) is 44.2 Å². The van der Waals surface area contributed by atoms with Crippen LogP contribution in [0.2, 0.25) is 0 Å². The Morgan fingerprint density at radius 3 is 2.64 bits per heavy atom. The molecule has 0 spiro atoms. The minimum absolute atomic E-state index is 0.0725. The van der Waals surface area contributed by atoms with E-state index in [1.54, 1.807) is 22.0 Å². The first-order valence-corrected chi connectivity index (χ1v) is 8.20. The Labute approximate surface area is 129 Å². The highest BCUT2D eigenvalue weighted by Gasteiger charge is 2.40. The van der Waals surface area contributed by atoms with Gasteiger partial charge in [-0.25, -0.2) is 4.68 Å². The number of likely N-dealkylation sites (tertiary alicyclic amines) is 1. The van der Waals surface area contributed by atoms with Gasteiger partial charge in [0.25, 0.3) is 0 Å². The van der Waals surface area contributed by atoms with E-state index in [1.165, 1.54) is 31.3 Å². The Morgan fingerprint density at radius 2 is 2.05 bits per heavy atom. The summed E-state index contributed by atoms with van der Waals surface area (Å²) < 4.78 is 1.63. The predicted octanol–water partition coefficient (Wildman–Crippen LogP) is 0.988.